The number of hydrogen-bond donors (Lipinski definition) is 0. The van der Waals surface area contributed by atoms with E-state index < -0.39 is 0 Å². The molecule has 1 aromatic heterocycles. The third-order valence-electron chi connectivity index (χ3n) is 7.27. The van der Waals surface area contributed by atoms with Crippen molar-refractivity contribution in [1.82, 2.24) is 19.8 Å². The molecule has 0 unspecified atom stereocenters. The van der Waals surface area contributed by atoms with Crippen molar-refractivity contribution in [3.8, 4) is 0 Å². The Balaban J connectivity index is 1.14. The lowest BCUT2D eigenvalue weighted by Crippen LogP contribution is -2.63. The summed E-state index contributed by atoms with van der Waals surface area (Å²) < 4.78 is 0. The van der Waals surface area contributed by atoms with Gasteiger partial charge in [0.1, 0.15) is 5.82 Å². The van der Waals surface area contributed by atoms with Crippen LogP contribution in [0.5, 0.6) is 0 Å². The highest BCUT2D eigenvalue weighted by atomic mass is 16.2. The first-order chi connectivity index (χ1) is 13.5. The number of aromatic nitrogens is 2. The minimum Gasteiger partial charge on any atom is -0.341 e. The van der Waals surface area contributed by atoms with Gasteiger partial charge in [0.25, 0.3) is 0 Å². The molecule has 2 aliphatic heterocycles. The number of rotatable bonds is 6. The summed E-state index contributed by atoms with van der Waals surface area (Å²) in [5.74, 6) is 3.20. The van der Waals surface area contributed by atoms with E-state index in [9.17, 15) is 4.79 Å². The second kappa shape index (κ2) is 8.10. The molecule has 0 aromatic carbocycles. The molecule has 3 aliphatic rings. The highest BCUT2D eigenvalue weighted by Crippen LogP contribution is 2.53. The Morgan fingerprint density at radius 1 is 1.18 bits per heavy atom. The maximum absolute atomic E-state index is 11.7. The fraction of sp³-hybridized carbons (Fsp3) is 0.783. The normalized spacial score (nSPS) is 23.1. The van der Waals surface area contributed by atoms with Gasteiger partial charge in [-0.3, -0.25) is 4.79 Å². The van der Waals surface area contributed by atoms with E-state index in [4.69, 9.17) is 0 Å². The molecule has 5 heteroatoms. The minimum absolute atomic E-state index is 0.334. The summed E-state index contributed by atoms with van der Waals surface area (Å²) in [6.07, 6.45) is 11.3. The van der Waals surface area contributed by atoms with E-state index >= 15 is 0 Å². The van der Waals surface area contributed by atoms with Gasteiger partial charge >= 0.3 is 0 Å². The third-order valence-corrected chi connectivity index (χ3v) is 7.27. The van der Waals surface area contributed by atoms with Gasteiger partial charge in [0, 0.05) is 43.2 Å². The second-order valence-corrected chi connectivity index (χ2v) is 9.81. The number of likely N-dealkylation sites (tertiary alicyclic amines) is 2. The monoisotopic (exact) mass is 384 g/mol. The van der Waals surface area contributed by atoms with Crippen molar-refractivity contribution in [1.29, 1.82) is 0 Å². The molecule has 1 spiro atoms. The van der Waals surface area contributed by atoms with Crippen LogP contribution in [0, 0.1) is 11.3 Å². The second-order valence-electron chi connectivity index (χ2n) is 9.81. The molecule has 3 fully saturated rings. The van der Waals surface area contributed by atoms with Gasteiger partial charge in [-0.2, -0.15) is 0 Å². The number of hydrogen-bond acceptors (Lipinski definition) is 4. The van der Waals surface area contributed by atoms with Gasteiger partial charge in [0.05, 0.1) is 0 Å². The average Bonchev–Trinajstić information content (AvgIpc) is 2.65. The summed E-state index contributed by atoms with van der Waals surface area (Å²) >= 11 is 0. The molecule has 0 bridgehead atoms. The van der Waals surface area contributed by atoms with Crippen molar-refractivity contribution in [3.63, 3.8) is 0 Å². The van der Waals surface area contributed by atoms with Crippen LogP contribution in [-0.4, -0.2) is 58.4 Å². The number of carbonyl (C=O) groups is 1. The van der Waals surface area contributed by atoms with E-state index in [-0.39, 0.29) is 0 Å². The summed E-state index contributed by atoms with van der Waals surface area (Å²) in [6, 6.07) is 0. The number of nitrogens with zero attached hydrogens (tertiary/aromatic N) is 4. The Labute approximate surface area is 169 Å². The fourth-order valence-corrected chi connectivity index (χ4v) is 5.50. The lowest BCUT2D eigenvalue weighted by molar-refractivity contribution is -0.155. The van der Waals surface area contributed by atoms with Gasteiger partial charge in [-0.1, -0.05) is 20.8 Å². The van der Waals surface area contributed by atoms with Gasteiger partial charge < -0.3 is 9.80 Å². The van der Waals surface area contributed by atoms with E-state index in [0.717, 1.165) is 24.8 Å². The van der Waals surface area contributed by atoms with Crippen LogP contribution in [0.25, 0.3) is 0 Å². The average molecular weight is 385 g/mol. The number of amides is 1. The Hall–Kier alpha value is -1.49. The van der Waals surface area contributed by atoms with Crippen LogP contribution < -0.4 is 0 Å². The number of carbonyl (C=O) groups excluding carboxylic acids is 1. The molecular weight excluding hydrogens is 348 g/mol. The van der Waals surface area contributed by atoms with Crippen molar-refractivity contribution in [2.45, 2.75) is 71.1 Å². The summed E-state index contributed by atoms with van der Waals surface area (Å²) in [5, 5.41) is 0. The molecule has 5 nitrogen and oxygen atoms in total. The van der Waals surface area contributed by atoms with E-state index in [2.05, 4.69) is 46.0 Å². The molecule has 1 saturated carbocycles. The Bertz CT molecular complexity index is 664. The largest absolute Gasteiger partial charge is 0.341 e. The van der Waals surface area contributed by atoms with Crippen molar-refractivity contribution < 1.29 is 4.79 Å². The summed E-state index contributed by atoms with van der Waals surface area (Å²) in [6.45, 7) is 12.0. The van der Waals surface area contributed by atoms with E-state index in [1.165, 1.54) is 57.3 Å². The van der Waals surface area contributed by atoms with Crippen LogP contribution in [0.2, 0.25) is 0 Å². The first-order valence-electron chi connectivity index (χ1n) is 11.3. The summed E-state index contributed by atoms with van der Waals surface area (Å²) in [4.78, 5) is 25.5. The molecular formula is C23H36N4O. The fourth-order valence-electron chi connectivity index (χ4n) is 5.50. The highest BCUT2D eigenvalue weighted by Gasteiger charge is 2.52. The summed E-state index contributed by atoms with van der Waals surface area (Å²) in [5.41, 5.74) is 1.83. The Kier molecular flexibility index (Phi) is 5.73. The molecule has 1 amide bonds. The molecule has 0 N–H and O–H groups in total. The zero-order chi connectivity index (χ0) is 19.7. The van der Waals surface area contributed by atoms with Gasteiger partial charge in [-0.05, 0) is 69.1 Å². The lowest BCUT2D eigenvalue weighted by Gasteiger charge is -2.59. The SMILES string of the molecule is CCC(=O)N1CC2(CC(CCN3CCC(c4cnc(C(C)C)nc4)CC3)C2)C1. The van der Waals surface area contributed by atoms with E-state index in [0.29, 0.717) is 29.6 Å². The first-order valence-corrected chi connectivity index (χ1v) is 11.3. The van der Waals surface area contributed by atoms with Crippen LogP contribution in [0.3, 0.4) is 0 Å². The van der Waals surface area contributed by atoms with Gasteiger partial charge in [0.2, 0.25) is 5.91 Å². The van der Waals surface area contributed by atoms with Crippen molar-refractivity contribution in [3.05, 3.63) is 23.8 Å². The molecule has 0 atom stereocenters. The smallest absolute Gasteiger partial charge is 0.222 e. The quantitative estimate of drug-likeness (QED) is 0.748. The topological polar surface area (TPSA) is 49.3 Å². The van der Waals surface area contributed by atoms with Crippen molar-refractivity contribution >= 4 is 5.91 Å². The Morgan fingerprint density at radius 2 is 1.82 bits per heavy atom. The highest BCUT2D eigenvalue weighted by molar-refractivity contribution is 5.77. The molecule has 0 radical (unpaired) electrons. The Morgan fingerprint density at radius 3 is 2.39 bits per heavy atom. The van der Waals surface area contributed by atoms with Crippen LogP contribution in [-0.2, 0) is 4.79 Å². The maximum Gasteiger partial charge on any atom is 0.222 e. The van der Waals surface area contributed by atoms with E-state index in [1.807, 2.05) is 6.92 Å². The molecule has 2 saturated heterocycles. The van der Waals surface area contributed by atoms with E-state index in [1.54, 1.807) is 0 Å². The van der Waals surface area contributed by atoms with Crippen LogP contribution in [0.4, 0.5) is 0 Å². The molecule has 4 rings (SSSR count). The first kappa shape index (κ1) is 19.8. The zero-order valence-corrected chi connectivity index (χ0v) is 17.9. The van der Waals surface area contributed by atoms with Gasteiger partial charge in [-0.25, -0.2) is 9.97 Å². The van der Waals surface area contributed by atoms with Gasteiger partial charge in [-0.15, -0.1) is 0 Å². The van der Waals surface area contributed by atoms with Crippen molar-refractivity contribution in [2.75, 3.05) is 32.7 Å². The molecule has 1 aromatic rings. The third kappa shape index (κ3) is 4.10. The van der Waals surface area contributed by atoms with Gasteiger partial charge in [0.15, 0.2) is 0 Å². The predicted octanol–water partition coefficient (Wildman–Crippen LogP) is 3.82. The van der Waals surface area contributed by atoms with Crippen LogP contribution in [0.15, 0.2) is 12.4 Å². The predicted molar refractivity (Wildman–Crippen MR) is 111 cm³/mol. The standard InChI is InChI=1S/C23H36N4O/c1-4-21(28)27-15-23(16-27)11-18(12-23)5-8-26-9-6-19(7-10-26)20-13-24-22(17(2)3)25-14-20/h13-14,17-19H,4-12,15-16H2,1-3H3. The minimum atomic E-state index is 0.334. The lowest BCUT2D eigenvalue weighted by atomic mass is 9.57. The zero-order valence-electron chi connectivity index (χ0n) is 17.9. The summed E-state index contributed by atoms with van der Waals surface area (Å²) in [7, 11) is 0. The van der Waals surface area contributed by atoms with Crippen molar-refractivity contribution in [2.24, 2.45) is 11.3 Å². The molecule has 3 heterocycles. The van der Waals surface area contributed by atoms with Crippen LogP contribution in [0.1, 0.15) is 82.5 Å². The molecule has 154 valence electrons. The molecule has 1 aliphatic carbocycles. The molecule has 28 heavy (non-hydrogen) atoms. The maximum atomic E-state index is 11.7. The number of piperidine rings is 1. The van der Waals surface area contributed by atoms with Crippen LogP contribution >= 0.6 is 0 Å².